The summed E-state index contributed by atoms with van der Waals surface area (Å²) in [7, 11) is 0. The van der Waals surface area contributed by atoms with Crippen LogP contribution in [0, 0.1) is 13.8 Å². The van der Waals surface area contributed by atoms with Gasteiger partial charge in [0.2, 0.25) is 0 Å². The molecule has 0 radical (unpaired) electrons. The summed E-state index contributed by atoms with van der Waals surface area (Å²) in [4.78, 5) is 11.5. The summed E-state index contributed by atoms with van der Waals surface area (Å²) < 4.78 is 5.19. The van der Waals surface area contributed by atoms with Gasteiger partial charge in [0, 0.05) is 6.08 Å². The number of hydrogen-bond acceptors (Lipinski definition) is 2. The topological polar surface area (TPSA) is 26.3 Å². The zero-order valence-corrected chi connectivity index (χ0v) is 11.2. The quantitative estimate of drug-likeness (QED) is 0.574. The number of ether oxygens (including phenoxy) is 1. The Balaban J connectivity index is 2.74. The van der Waals surface area contributed by atoms with E-state index >= 15 is 0 Å². The van der Waals surface area contributed by atoms with E-state index in [1.54, 1.807) is 6.08 Å². The Morgan fingerprint density at radius 3 is 2.12 bits per heavy atom. The zero-order chi connectivity index (χ0) is 13.1. The van der Waals surface area contributed by atoms with Crippen LogP contribution in [-0.2, 0) is 9.53 Å². The maximum absolute atomic E-state index is 11.5. The van der Waals surface area contributed by atoms with Crippen molar-refractivity contribution in [3.8, 4) is 0 Å². The van der Waals surface area contributed by atoms with Gasteiger partial charge in [-0.15, -0.1) is 0 Å². The van der Waals surface area contributed by atoms with Gasteiger partial charge in [0.25, 0.3) is 0 Å². The third kappa shape index (κ3) is 5.34. The zero-order valence-electron chi connectivity index (χ0n) is 11.2. The van der Waals surface area contributed by atoms with Crippen LogP contribution in [0.1, 0.15) is 37.5 Å². The number of hydrogen-bond donors (Lipinski definition) is 0. The first-order valence-electron chi connectivity index (χ1n) is 5.76. The summed E-state index contributed by atoms with van der Waals surface area (Å²) in [6.07, 6.45) is 3.26. The molecule has 0 aromatic heterocycles. The highest BCUT2D eigenvalue weighted by Crippen LogP contribution is 2.12. The predicted molar refractivity (Wildman–Crippen MR) is 70.8 cm³/mol. The fourth-order valence-electron chi connectivity index (χ4n) is 1.61. The second kappa shape index (κ2) is 5.17. The van der Waals surface area contributed by atoms with Crippen molar-refractivity contribution < 1.29 is 9.53 Å². The lowest BCUT2D eigenvalue weighted by molar-refractivity contribution is -0.148. The summed E-state index contributed by atoms with van der Waals surface area (Å²) in [5, 5.41) is 0. The van der Waals surface area contributed by atoms with Gasteiger partial charge in [0.1, 0.15) is 5.60 Å². The average molecular weight is 232 g/mol. The minimum Gasteiger partial charge on any atom is -0.457 e. The van der Waals surface area contributed by atoms with E-state index in [2.05, 4.69) is 6.07 Å². The number of carbonyl (C=O) groups is 1. The van der Waals surface area contributed by atoms with Gasteiger partial charge in [-0.3, -0.25) is 0 Å². The second-order valence-electron chi connectivity index (χ2n) is 5.29. The van der Waals surface area contributed by atoms with Crippen LogP contribution in [0.15, 0.2) is 24.3 Å². The second-order valence-corrected chi connectivity index (χ2v) is 5.29. The minimum absolute atomic E-state index is 0.309. The van der Waals surface area contributed by atoms with Crippen molar-refractivity contribution in [1.29, 1.82) is 0 Å². The van der Waals surface area contributed by atoms with E-state index in [4.69, 9.17) is 4.74 Å². The van der Waals surface area contributed by atoms with E-state index in [9.17, 15) is 4.79 Å². The van der Waals surface area contributed by atoms with Crippen LogP contribution in [0.3, 0.4) is 0 Å². The Kier molecular flexibility index (Phi) is 4.11. The van der Waals surface area contributed by atoms with Crippen LogP contribution in [0.2, 0.25) is 0 Å². The molecule has 0 bridgehead atoms. The van der Waals surface area contributed by atoms with Gasteiger partial charge in [-0.2, -0.15) is 0 Å². The molecule has 0 aliphatic rings. The van der Waals surface area contributed by atoms with Gasteiger partial charge >= 0.3 is 5.97 Å². The van der Waals surface area contributed by atoms with Crippen LogP contribution >= 0.6 is 0 Å². The molecule has 2 nitrogen and oxygen atoms in total. The number of rotatable bonds is 2. The Morgan fingerprint density at radius 1 is 1.12 bits per heavy atom. The Hall–Kier alpha value is -1.57. The Morgan fingerprint density at radius 2 is 1.65 bits per heavy atom. The highest BCUT2D eigenvalue weighted by atomic mass is 16.6. The third-order valence-corrected chi connectivity index (χ3v) is 2.06. The molecule has 0 saturated carbocycles. The molecule has 0 heterocycles. The summed E-state index contributed by atoms with van der Waals surface area (Å²) in [5.41, 5.74) is 2.96. The van der Waals surface area contributed by atoms with Gasteiger partial charge in [-0.25, -0.2) is 4.79 Å². The fourth-order valence-corrected chi connectivity index (χ4v) is 1.61. The monoisotopic (exact) mass is 232 g/mol. The fraction of sp³-hybridized carbons (Fsp3) is 0.400. The molecule has 0 spiro atoms. The predicted octanol–water partition coefficient (Wildman–Crippen LogP) is 3.66. The molecule has 0 fully saturated rings. The molecule has 92 valence electrons. The Labute approximate surface area is 103 Å². The van der Waals surface area contributed by atoms with Gasteiger partial charge in [0.05, 0.1) is 0 Å². The van der Waals surface area contributed by atoms with Gasteiger partial charge in [0.15, 0.2) is 0 Å². The largest absolute Gasteiger partial charge is 0.457 e. The van der Waals surface area contributed by atoms with Crippen LogP contribution in [0.25, 0.3) is 6.08 Å². The molecular weight excluding hydrogens is 212 g/mol. The minimum atomic E-state index is -0.441. The van der Waals surface area contributed by atoms with E-state index in [1.807, 2.05) is 46.8 Å². The highest BCUT2D eigenvalue weighted by Gasteiger charge is 2.13. The molecule has 0 saturated heterocycles. The molecule has 0 unspecified atom stereocenters. The first-order chi connectivity index (χ1) is 7.76. The smallest absolute Gasteiger partial charge is 0.331 e. The summed E-state index contributed by atoms with van der Waals surface area (Å²) in [6, 6.07) is 6.17. The van der Waals surface area contributed by atoms with Crippen molar-refractivity contribution in [3.05, 3.63) is 41.0 Å². The van der Waals surface area contributed by atoms with Gasteiger partial charge < -0.3 is 4.74 Å². The van der Waals surface area contributed by atoms with Crippen molar-refractivity contribution >= 4 is 12.0 Å². The van der Waals surface area contributed by atoms with E-state index in [0.717, 1.165) is 5.56 Å². The standard InChI is InChI=1S/C15H20O2/c1-11-8-12(2)10-13(9-11)6-7-14(16)17-15(3,4)5/h6-10H,1-5H3. The average Bonchev–Trinajstić information content (AvgIpc) is 2.10. The van der Waals surface area contributed by atoms with E-state index in [1.165, 1.54) is 17.2 Å². The summed E-state index contributed by atoms with van der Waals surface area (Å²) in [6.45, 7) is 9.65. The summed E-state index contributed by atoms with van der Waals surface area (Å²) >= 11 is 0. The van der Waals surface area contributed by atoms with E-state index < -0.39 is 5.60 Å². The van der Waals surface area contributed by atoms with Crippen LogP contribution in [0.4, 0.5) is 0 Å². The van der Waals surface area contributed by atoms with Crippen molar-refractivity contribution in [2.24, 2.45) is 0 Å². The maximum atomic E-state index is 11.5. The molecule has 1 aromatic rings. The number of carbonyl (C=O) groups excluding carboxylic acids is 1. The molecule has 2 heteroatoms. The molecule has 17 heavy (non-hydrogen) atoms. The van der Waals surface area contributed by atoms with Crippen LogP contribution in [-0.4, -0.2) is 11.6 Å². The molecule has 0 atom stereocenters. The number of aryl methyl sites for hydroxylation is 2. The van der Waals surface area contributed by atoms with E-state index in [0.29, 0.717) is 0 Å². The molecule has 0 amide bonds. The third-order valence-electron chi connectivity index (χ3n) is 2.06. The van der Waals surface area contributed by atoms with E-state index in [-0.39, 0.29) is 5.97 Å². The highest BCUT2D eigenvalue weighted by molar-refractivity contribution is 5.87. The lowest BCUT2D eigenvalue weighted by Crippen LogP contribution is -2.22. The maximum Gasteiger partial charge on any atom is 0.331 e. The molecule has 0 aliphatic carbocycles. The lowest BCUT2D eigenvalue weighted by Gasteiger charge is -2.17. The van der Waals surface area contributed by atoms with Crippen LogP contribution < -0.4 is 0 Å². The SMILES string of the molecule is Cc1cc(C)cc(C=CC(=O)OC(C)(C)C)c1. The molecule has 0 N–H and O–H groups in total. The molecule has 0 aliphatic heterocycles. The molecular formula is C15H20O2. The first kappa shape index (κ1) is 13.5. The Bertz CT molecular complexity index is 416. The molecule has 1 rings (SSSR count). The van der Waals surface area contributed by atoms with Gasteiger partial charge in [-0.1, -0.05) is 29.3 Å². The first-order valence-corrected chi connectivity index (χ1v) is 5.76. The van der Waals surface area contributed by atoms with Crippen molar-refractivity contribution in [2.75, 3.05) is 0 Å². The van der Waals surface area contributed by atoms with Crippen molar-refractivity contribution in [1.82, 2.24) is 0 Å². The lowest BCUT2D eigenvalue weighted by atomic mass is 10.1. The number of benzene rings is 1. The van der Waals surface area contributed by atoms with Crippen LogP contribution in [0.5, 0.6) is 0 Å². The van der Waals surface area contributed by atoms with Gasteiger partial charge in [-0.05, 0) is 46.3 Å². The van der Waals surface area contributed by atoms with Crippen molar-refractivity contribution in [3.63, 3.8) is 0 Å². The summed E-state index contributed by atoms with van der Waals surface area (Å²) in [5.74, 6) is -0.309. The normalized spacial score (nSPS) is 11.8. The van der Waals surface area contributed by atoms with Crippen molar-refractivity contribution in [2.45, 2.75) is 40.2 Å². The molecule has 1 aromatic carbocycles. The number of esters is 1.